The zero-order chi connectivity index (χ0) is 14.0. The number of benzene rings is 2. The summed E-state index contributed by atoms with van der Waals surface area (Å²) in [5, 5.41) is 0. The van der Waals surface area contributed by atoms with Crippen molar-refractivity contribution in [2.45, 2.75) is 19.8 Å². The summed E-state index contributed by atoms with van der Waals surface area (Å²) in [4.78, 5) is 12.2. The number of hydrogen-bond acceptors (Lipinski definition) is 2. The second-order valence-corrected chi connectivity index (χ2v) is 4.84. The van der Waals surface area contributed by atoms with Gasteiger partial charge in [-0.25, -0.2) is 4.39 Å². The Bertz CT molecular complexity index is 603. The van der Waals surface area contributed by atoms with E-state index in [-0.39, 0.29) is 11.5 Å². The van der Waals surface area contributed by atoms with Gasteiger partial charge in [-0.05, 0) is 29.7 Å². The monoisotopic (exact) mass is 257 g/mol. The summed E-state index contributed by atoms with van der Waals surface area (Å²) in [5.41, 5.74) is 7.47. The number of carbonyl (C=O) groups is 1. The third-order valence-corrected chi connectivity index (χ3v) is 3.10. The topological polar surface area (TPSA) is 43.1 Å². The van der Waals surface area contributed by atoms with Crippen molar-refractivity contribution < 1.29 is 9.18 Å². The molecule has 2 aromatic carbocycles. The molecule has 2 nitrogen and oxygen atoms in total. The SMILES string of the molecule is CC(C)c1ccc(C(=O)c2ccc(N)c(F)c2)cc1. The van der Waals surface area contributed by atoms with E-state index in [0.29, 0.717) is 17.0 Å². The highest BCUT2D eigenvalue weighted by molar-refractivity contribution is 6.09. The number of nitrogens with two attached hydrogens (primary N) is 1. The number of nitrogen functional groups attached to an aromatic ring is 1. The normalized spacial score (nSPS) is 10.7. The van der Waals surface area contributed by atoms with Crippen LogP contribution in [0.25, 0.3) is 0 Å². The number of hydrogen-bond donors (Lipinski definition) is 1. The lowest BCUT2D eigenvalue weighted by atomic mass is 9.98. The van der Waals surface area contributed by atoms with Gasteiger partial charge in [-0.2, -0.15) is 0 Å². The van der Waals surface area contributed by atoms with Crippen LogP contribution in [0.15, 0.2) is 42.5 Å². The Morgan fingerprint density at radius 2 is 1.63 bits per heavy atom. The molecule has 0 fully saturated rings. The molecule has 0 heterocycles. The van der Waals surface area contributed by atoms with E-state index in [1.165, 1.54) is 23.8 Å². The van der Waals surface area contributed by atoms with Crippen LogP contribution in [0.3, 0.4) is 0 Å². The molecule has 98 valence electrons. The molecule has 2 rings (SSSR count). The van der Waals surface area contributed by atoms with Crippen LogP contribution in [-0.2, 0) is 0 Å². The molecule has 0 radical (unpaired) electrons. The van der Waals surface area contributed by atoms with Crippen LogP contribution < -0.4 is 5.73 Å². The van der Waals surface area contributed by atoms with Gasteiger partial charge in [0.1, 0.15) is 5.82 Å². The van der Waals surface area contributed by atoms with Crippen LogP contribution in [0.2, 0.25) is 0 Å². The Labute approximate surface area is 112 Å². The fraction of sp³-hybridized carbons (Fsp3) is 0.188. The van der Waals surface area contributed by atoms with Gasteiger partial charge in [0.05, 0.1) is 5.69 Å². The van der Waals surface area contributed by atoms with Gasteiger partial charge in [0, 0.05) is 11.1 Å². The van der Waals surface area contributed by atoms with E-state index in [1.807, 2.05) is 12.1 Å². The number of carbonyl (C=O) groups excluding carboxylic acids is 1. The van der Waals surface area contributed by atoms with Gasteiger partial charge in [0.15, 0.2) is 5.78 Å². The average Bonchev–Trinajstić information content (AvgIpc) is 2.41. The molecule has 0 atom stereocenters. The van der Waals surface area contributed by atoms with Crippen molar-refractivity contribution in [3.63, 3.8) is 0 Å². The first-order valence-corrected chi connectivity index (χ1v) is 6.18. The Morgan fingerprint density at radius 3 is 2.16 bits per heavy atom. The molecule has 0 saturated heterocycles. The average molecular weight is 257 g/mol. The van der Waals surface area contributed by atoms with E-state index in [9.17, 15) is 9.18 Å². The zero-order valence-corrected chi connectivity index (χ0v) is 11.0. The largest absolute Gasteiger partial charge is 0.396 e. The third-order valence-electron chi connectivity index (χ3n) is 3.10. The third kappa shape index (κ3) is 2.81. The number of halogens is 1. The molecule has 0 saturated carbocycles. The predicted octanol–water partition coefficient (Wildman–Crippen LogP) is 3.76. The molecular formula is C16H16FNO. The Morgan fingerprint density at radius 1 is 1.05 bits per heavy atom. The summed E-state index contributed by atoms with van der Waals surface area (Å²) in [5.74, 6) is -0.350. The Kier molecular flexibility index (Phi) is 3.65. The maximum Gasteiger partial charge on any atom is 0.193 e. The lowest BCUT2D eigenvalue weighted by Crippen LogP contribution is -2.03. The fourth-order valence-corrected chi connectivity index (χ4v) is 1.85. The van der Waals surface area contributed by atoms with Crippen molar-refractivity contribution in [3.05, 3.63) is 65.0 Å². The highest BCUT2D eigenvalue weighted by Crippen LogP contribution is 2.18. The standard InChI is InChI=1S/C16H16FNO/c1-10(2)11-3-5-12(6-4-11)16(19)13-7-8-15(18)14(17)9-13/h3-10H,18H2,1-2H3. The molecule has 0 unspecified atom stereocenters. The smallest absolute Gasteiger partial charge is 0.193 e. The molecule has 2 N–H and O–H groups in total. The highest BCUT2D eigenvalue weighted by atomic mass is 19.1. The van der Waals surface area contributed by atoms with E-state index >= 15 is 0 Å². The minimum Gasteiger partial charge on any atom is -0.396 e. The lowest BCUT2D eigenvalue weighted by Gasteiger charge is -2.07. The second-order valence-electron chi connectivity index (χ2n) is 4.84. The molecule has 2 aromatic rings. The highest BCUT2D eigenvalue weighted by Gasteiger charge is 2.11. The summed E-state index contributed by atoms with van der Waals surface area (Å²) in [6.07, 6.45) is 0. The molecule has 0 aliphatic carbocycles. The van der Waals surface area contributed by atoms with Gasteiger partial charge >= 0.3 is 0 Å². The van der Waals surface area contributed by atoms with Crippen molar-refractivity contribution in [1.29, 1.82) is 0 Å². The fourth-order valence-electron chi connectivity index (χ4n) is 1.85. The number of anilines is 1. The maximum absolute atomic E-state index is 13.3. The summed E-state index contributed by atoms with van der Waals surface area (Å²) < 4.78 is 13.3. The van der Waals surface area contributed by atoms with E-state index < -0.39 is 5.82 Å². The summed E-state index contributed by atoms with van der Waals surface area (Å²) in [6.45, 7) is 4.18. The maximum atomic E-state index is 13.3. The first-order chi connectivity index (χ1) is 8.99. The van der Waals surface area contributed by atoms with Crippen molar-refractivity contribution in [1.82, 2.24) is 0 Å². The minimum absolute atomic E-state index is 0.0479. The van der Waals surface area contributed by atoms with Crippen molar-refractivity contribution in [2.24, 2.45) is 0 Å². The van der Waals surface area contributed by atoms with Gasteiger partial charge < -0.3 is 5.73 Å². The van der Waals surface area contributed by atoms with Crippen molar-refractivity contribution in [3.8, 4) is 0 Å². The molecule has 0 bridgehead atoms. The summed E-state index contributed by atoms with van der Waals surface area (Å²) in [6, 6.07) is 11.5. The van der Waals surface area contributed by atoms with E-state index in [1.54, 1.807) is 12.1 Å². The predicted molar refractivity (Wildman–Crippen MR) is 74.8 cm³/mol. The van der Waals surface area contributed by atoms with Crippen molar-refractivity contribution in [2.75, 3.05) is 5.73 Å². The molecule has 0 aromatic heterocycles. The molecule has 0 aliphatic rings. The molecule has 3 heteroatoms. The van der Waals surface area contributed by atoms with Crippen molar-refractivity contribution >= 4 is 11.5 Å². The van der Waals surface area contributed by atoms with E-state index in [2.05, 4.69) is 13.8 Å². The van der Waals surface area contributed by atoms with Gasteiger partial charge in [-0.3, -0.25) is 4.79 Å². The summed E-state index contributed by atoms with van der Waals surface area (Å²) in [7, 11) is 0. The molecule has 0 aliphatic heterocycles. The number of ketones is 1. The van der Waals surface area contributed by atoms with Gasteiger partial charge in [0.25, 0.3) is 0 Å². The molecule has 0 amide bonds. The Hall–Kier alpha value is -2.16. The van der Waals surface area contributed by atoms with Gasteiger partial charge in [-0.15, -0.1) is 0 Å². The molecular weight excluding hydrogens is 241 g/mol. The van der Waals surface area contributed by atoms with Crippen LogP contribution in [0.1, 0.15) is 41.3 Å². The number of rotatable bonds is 3. The van der Waals surface area contributed by atoms with Crippen LogP contribution in [0.5, 0.6) is 0 Å². The van der Waals surface area contributed by atoms with Crippen LogP contribution in [0.4, 0.5) is 10.1 Å². The lowest BCUT2D eigenvalue weighted by molar-refractivity contribution is 0.103. The Balaban J connectivity index is 2.30. The summed E-state index contributed by atoms with van der Waals surface area (Å²) >= 11 is 0. The van der Waals surface area contributed by atoms with Gasteiger partial charge in [-0.1, -0.05) is 38.1 Å². The quantitative estimate of drug-likeness (QED) is 0.672. The zero-order valence-electron chi connectivity index (χ0n) is 11.0. The second kappa shape index (κ2) is 5.22. The molecule has 0 spiro atoms. The van der Waals surface area contributed by atoms with Crippen LogP contribution in [0, 0.1) is 5.82 Å². The van der Waals surface area contributed by atoms with Crippen LogP contribution in [-0.4, -0.2) is 5.78 Å². The van der Waals surface area contributed by atoms with E-state index in [4.69, 9.17) is 5.73 Å². The minimum atomic E-state index is -0.565. The molecule has 19 heavy (non-hydrogen) atoms. The first-order valence-electron chi connectivity index (χ1n) is 6.18. The van der Waals surface area contributed by atoms with Gasteiger partial charge in [0.2, 0.25) is 0 Å². The van der Waals surface area contributed by atoms with Crippen LogP contribution >= 0.6 is 0 Å². The van der Waals surface area contributed by atoms with E-state index in [0.717, 1.165) is 0 Å². The first kappa shape index (κ1) is 13.3.